The average molecular weight is 434 g/mol. The number of alkyl halides is 2. The van der Waals surface area contributed by atoms with Crippen molar-refractivity contribution in [2.24, 2.45) is 5.92 Å². The van der Waals surface area contributed by atoms with Crippen molar-refractivity contribution in [3.63, 3.8) is 0 Å². The lowest BCUT2D eigenvalue weighted by Crippen LogP contribution is -2.64. The summed E-state index contributed by atoms with van der Waals surface area (Å²) in [6, 6.07) is 13.4. The third-order valence-corrected chi connectivity index (χ3v) is 5.92. The molecule has 1 saturated heterocycles. The lowest BCUT2D eigenvalue weighted by Gasteiger charge is -2.44. The molecule has 1 atom stereocenters. The molecule has 1 saturated carbocycles. The van der Waals surface area contributed by atoms with E-state index in [2.05, 4.69) is 16.0 Å². The van der Waals surface area contributed by atoms with Crippen molar-refractivity contribution >= 4 is 29.4 Å². The number of urea groups is 1. The number of carbonyl (C=O) groups is 3. The van der Waals surface area contributed by atoms with Crippen LogP contribution in [-0.2, 0) is 4.79 Å². The van der Waals surface area contributed by atoms with E-state index in [1.807, 2.05) is 30.3 Å². The van der Waals surface area contributed by atoms with Crippen LogP contribution in [0.1, 0.15) is 23.2 Å². The summed E-state index contributed by atoms with van der Waals surface area (Å²) in [6.45, 7) is -0.330. The van der Waals surface area contributed by atoms with Gasteiger partial charge in [0, 0.05) is 18.8 Å². The number of rotatable bonds is 5. The van der Waals surface area contributed by atoms with E-state index in [0.29, 0.717) is 5.56 Å². The van der Waals surface area contributed by atoms with Crippen LogP contribution in [-0.4, -0.2) is 35.9 Å². The molecule has 0 spiro atoms. The van der Waals surface area contributed by atoms with Gasteiger partial charge in [-0.05, 0) is 17.2 Å². The van der Waals surface area contributed by atoms with Gasteiger partial charge in [0.1, 0.15) is 5.54 Å². The standard InChI is InChI=1S/C21H18ClF2N3O3/c22-15-8-4-7-14(12-5-2-1-3-6-12)16(15)17(28)25-11-21(13-9-20(23,24)10-13)18(29)26-19(30)27-21/h1-8,13H,9-11H2,(H,25,28)(H2,26,27,29,30). The third kappa shape index (κ3) is 3.52. The van der Waals surface area contributed by atoms with Gasteiger partial charge in [-0.3, -0.25) is 14.9 Å². The smallest absolute Gasteiger partial charge is 0.322 e. The molecule has 2 aromatic carbocycles. The first-order valence-electron chi connectivity index (χ1n) is 9.35. The Kier molecular flexibility index (Phi) is 4.97. The minimum absolute atomic E-state index is 0.198. The SMILES string of the molecule is O=C1NC(=O)C(CNC(=O)c2c(Cl)cccc2-c2ccccc2)(C2CC(F)(F)C2)N1. The molecule has 0 bridgehead atoms. The predicted octanol–water partition coefficient (Wildman–Crippen LogP) is 3.36. The minimum atomic E-state index is -2.89. The summed E-state index contributed by atoms with van der Waals surface area (Å²) in [5, 5.41) is 7.35. The Morgan fingerprint density at radius 3 is 2.40 bits per heavy atom. The maximum absolute atomic E-state index is 13.4. The van der Waals surface area contributed by atoms with Gasteiger partial charge in [-0.15, -0.1) is 0 Å². The molecule has 1 aliphatic carbocycles. The van der Waals surface area contributed by atoms with Crippen molar-refractivity contribution in [1.29, 1.82) is 0 Å². The summed E-state index contributed by atoms with van der Waals surface area (Å²) in [6.07, 6.45) is -1.09. The zero-order valence-corrected chi connectivity index (χ0v) is 16.4. The fourth-order valence-corrected chi connectivity index (χ4v) is 4.25. The van der Waals surface area contributed by atoms with E-state index in [0.717, 1.165) is 5.56 Å². The molecule has 2 aromatic rings. The molecule has 4 rings (SSSR count). The van der Waals surface area contributed by atoms with Gasteiger partial charge in [0.25, 0.3) is 11.8 Å². The lowest BCUT2D eigenvalue weighted by atomic mass is 9.68. The van der Waals surface area contributed by atoms with Crippen LogP contribution in [0.3, 0.4) is 0 Å². The van der Waals surface area contributed by atoms with Gasteiger partial charge in [0.15, 0.2) is 0 Å². The monoisotopic (exact) mass is 433 g/mol. The van der Waals surface area contributed by atoms with Gasteiger partial charge in [-0.2, -0.15) is 0 Å². The van der Waals surface area contributed by atoms with E-state index in [1.54, 1.807) is 18.2 Å². The third-order valence-electron chi connectivity index (χ3n) is 5.61. The summed E-state index contributed by atoms with van der Waals surface area (Å²) < 4.78 is 26.9. The van der Waals surface area contributed by atoms with Crippen LogP contribution in [0.2, 0.25) is 5.02 Å². The fourth-order valence-electron chi connectivity index (χ4n) is 3.99. The summed E-state index contributed by atoms with van der Waals surface area (Å²) in [5.74, 6) is -4.98. The molecule has 0 aromatic heterocycles. The van der Waals surface area contributed by atoms with Crippen LogP contribution in [0.4, 0.5) is 13.6 Å². The lowest BCUT2D eigenvalue weighted by molar-refractivity contribution is -0.148. The second-order valence-corrected chi connectivity index (χ2v) is 7.96. The number of hydrogen-bond acceptors (Lipinski definition) is 3. The maximum atomic E-state index is 13.4. The Bertz CT molecular complexity index is 1020. The molecule has 6 nitrogen and oxygen atoms in total. The Balaban J connectivity index is 1.60. The second kappa shape index (κ2) is 7.36. The van der Waals surface area contributed by atoms with Crippen LogP contribution < -0.4 is 16.0 Å². The summed E-state index contributed by atoms with van der Waals surface area (Å²) >= 11 is 6.29. The first kappa shape index (κ1) is 20.3. The van der Waals surface area contributed by atoms with Gasteiger partial charge in [0.05, 0.1) is 17.1 Å². The predicted molar refractivity (Wildman–Crippen MR) is 106 cm³/mol. The van der Waals surface area contributed by atoms with E-state index in [1.165, 1.54) is 0 Å². The van der Waals surface area contributed by atoms with Crippen molar-refractivity contribution in [3.8, 4) is 11.1 Å². The average Bonchev–Trinajstić information content (AvgIpc) is 2.98. The van der Waals surface area contributed by atoms with Crippen LogP contribution in [0.5, 0.6) is 0 Å². The number of amides is 4. The van der Waals surface area contributed by atoms with Crippen LogP contribution in [0.25, 0.3) is 11.1 Å². The highest BCUT2D eigenvalue weighted by molar-refractivity contribution is 6.34. The van der Waals surface area contributed by atoms with Gasteiger partial charge in [-0.25, -0.2) is 13.6 Å². The first-order chi connectivity index (χ1) is 14.2. The molecule has 4 amide bonds. The number of halogens is 3. The van der Waals surface area contributed by atoms with E-state index < -0.39 is 48.1 Å². The molecule has 1 heterocycles. The zero-order valence-electron chi connectivity index (χ0n) is 15.7. The molecule has 30 heavy (non-hydrogen) atoms. The number of benzene rings is 2. The molecule has 0 radical (unpaired) electrons. The highest BCUT2D eigenvalue weighted by Gasteiger charge is 2.61. The second-order valence-electron chi connectivity index (χ2n) is 7.55. The minimum Gasteiger partial charge on any atom is -0.349 e. The molecule has 1 unspecified atom stereocenters. The Morgan fingerprint density at radius 1 is 1.10 bits per heavy atom. The molecule has 2 aliphatic rings. The van der Waals surface area contributed by atoms with Crippen molar-refractivity contribution in [2.45, 2.75) is 24.3 Å². The zero-order chi connectivity index (χ0) is 21.5. The van der Waals surface area contributed by atoms with Crippen molar-refractivity contribution in [3.05, 3.63) is 59.1 Å². The molecular formula is C21H18ClF2N3O3. The van der Waals surface area contributed by atoms with Crippen LogP contribution >= 0.6 is 11.6 Å². The highest BCUT2D eigenvalue weighted by Crippen LogP contribution is 2.48. The van der Waals surface area contributed by atoms with Gasteiger partial charge in [-0.1, -0.05) is 54.1 Å². The molecule has 9 heteroatoms. The fraction of sp³-hybridized carbons (Fsp3) is 0.286. The molecule has 156 valence electrons. The molecule has 2 fully saturated rings. The molecule has 1 aliphatic heterocycles. The van der Waals surface area contributed by atoms with E-state index in [4.69, 9.17) is 11.6 Å². The van der Waals surface area contributed by atoms with E-state index in [-0.39, 0.29) is 17.1 Å². The summed E-state index contributed by atoms with van der Waals surface area (Å²) in [4.78, 5) is 37.2. The molecule has 3 N–H and O–H groups in total. The maximum Gasteiger partial charge on any atom is 0.322 e. The van der Waals surface area contributed by atoms with Crippen molar-refractivity contribution in [2.75, 3.05) is 6.54 Å². The summed E-state index contributed by atoms with van der Waals surface area (Å²) in [5.41, 5.74) is -0.0675. The topological polar surface area (TPSA) is 87.3 Å². The van der Waals surface area contributed by atoms with E-state index in [9.17, 15) is 23.2 Å². The van der Waals surface area contributed by atoms with Crippen molar-refractivity contribution < 1.29 is 23.2 Å². The Labute approximate surface area is 176 Å². The number of imide groups is 1. The Morgan fingerprint density at radius 2 is 1.80 bits per heavy atom. The van der Waals surface area contributed by atoms with Gasteiger partial charge < -0.3 is 10.6 Å². The largest absolute Gasteiger partial charge is 0.349 e. The Hall–Kier alpha value is -3.00. The van der Waals surface area contributed by atoms with Gasteiger partial charge >= 0.3 is 6.03 Å². The number of hydrogen-bond donors (Lipinski definition) is 3. The number of carbonyl (C=O) groups excluding carboxylic acids is 3. The summed E-state index contributed by atoms with van der Waals surface area (Å²) in [7, 11) is 0. The molecular weight excluding hydrogens is 416 g/mol. The quantitative estimate of drug-likeness (QED) is 0.632. The van der Waals surface area contributed by atoms with E-state index >= 15 is 0 Å². The van der Waals surface area contributed by atoms with Crippen LogP contribution in [0.15, 0.2) is 48.5 Å². The van der Waals surface area contributed by atoms with Crippen molar-refractivity contribution in [1.82, 2.24) is 16.0 Å². The van der Waals surface area contributed by atoms with Gasteiger partial charge in [0.2, 0.25) is 5.92 Å². The number of nitrogens with one attached hydrogen (secondary N) is 3. The normalized spacial score (nSPS) is 22.8. The highest BCUT2D eigenvalue weighted by atomic mass is 35.5. The first-order valence-corrected chi connectivity index (χ1v) is 9.73. The van der Waals surface area contributed by atoms with Crippen LogP contribution in [0, 0.1) is 5.92 Å².